The third-order valence-electron chi connectivity index (χ3n) is 5.28. The molecular formula is C23H16ClF4N5O3S. The predicted octanol–water partition coefficient (Wildman–Crippen LogP) is 4.24. The van der Waals surface area contributed by atoms with E-state index in [1.165, 1.54) is 38.4 Å². The van der Waals surface area contributed by atoms with Crippen LogP contribution in [0.1, 0.15) is 5.56 Å². The van der Waals surface area contributed by atoms with Gasteiger partial charge in [-0.2, -0.15) is 13.2 Å². The summed E-state index contributed by atoms with van der Waals surface area (Å²) in [4.78, 5) is 46.7. The van der Waals surface area contributed by atoms with Crippen LogP contribution in [0.25, 0.3) is 22.4 Å². The predicted molar refractivity (Wildman–Crippen MR) is 131 cm³/mol. The first kappa shape index (κ1) is 26.4. The molecule has 4 rings (SSSR count). The molecular weight excluding hydrogens is 538 g/mol. The lowest BCUT2D eigenvalue weighted by molar-refractivity contribution is -0.137. The lowest BCUT2D eigenvalue weighted by Gasteiger charge is -2.13. The molecule has 0 radical (unpaired) electrons. The highest BCUT2D eigenvalue weighted by Gasteiger charge is 2.31. The van der Waals surface area contributed by atoms with E-state index in [4.69, 9.17) is 11.6 Å². The first-order valence-corrected chi connectivity index (χ1v) is 11.8. The van der Waals surface area contributed by atoms with Gasteiger partial charge >= 0.3 is 11.9 Å². The Bertz CT molecular complexity index is 1650. The molecule has 8 nitrogen and oxygen atoms in total. The van der Waals surface area contributed by atoms with Gasteiger partial charge in [0.2, 0.25) is 5.91 Å². The number of carbonyl (C=O) groups excluding carboxylic acids is 1. The van der Waals surface area contributed by atoms with Gasteiger partial charge in [-0.3, -0.25) is 18.7 Å². The van der Waals surface area contributed by atoms with Crippen molar-refractivity contribution in [3.63, 3.8) is 0 Å². The van der Waals surface area contributed by atoms with E-state index in [2.05, 4.69) is 15.3 Å². The fourth-order valence-corrected chi connectivity index (χ4v) is 4.36. The van der Waals surface area contributed by atoms with Crippen LogP contribution in [0.4, 0.5) is 23.2 Å². The average Bonchev–Trinajstić information content (AvgIpc) is 2.85. The SMILES string of the molecule is Cn1c(=O)c2c(SCC(=O)Nc3cc(C(F)(F)F)ccc3Cl)nc(-c3ccc(F)cc3)nc2n(C)c1=O. The Morgan fingerprint density at radius 2 is 1.73 bits per heavy atom. The summed E-state index contributed by atoms with van der Waals surface area (Å²) in [7, 11) is 2.68. The van der Waals surface area contributed by atoms with Gasteiger partial charge in [-0.25, -0.2) is 19.2 Å². The molecule has 0 saturated heterocycles. The molecule has 0 spiro atoms. The Morgan fingerprint density at radius 1 is 1.05 bits per heavy atom. The number of thioether (sulfide) groups is 1. The van der Waals surface area contributed by atoms with Crippen LogP contribution >= 0.6 is 23.4 Å². The van der Waals surface area contributed by atoms with E-state index in [0.717, 1.165) is 33.0 Å². The largest absolute Gasteiger partial charge is 0.416 e. The van der Waals surface area contributed by atoms with Gasteiger partial charge in [0.1, 0.15) is 16.2 Å². The third kappa shape index (κ3) is 5.37. The normalized spacial score (nSPS) is 11.6. The van der Waals surface area contributed by atoms with Crippen molar-refractivity contribution in [3.05, 3.63) is 79.7 Å². The molecule has 0 unspecified atom stereocenters. The average molecular weight is 554 g/mol. The molecule has 0 aliphatic heterocycles. The minimum atomic E-state index is -4.63. The van der Waals surface area contributed by atoms with Gasteiger partial charge in [0.15, 0.2) is 11.5 Å². The number of nitrogens with one attached hydrogen (secondary N) is 1. The molecule has 0 saturated carbocycles. The van der Waals surface area contributed by atoms with Crippen LogP contribution in [0.15, 0.2) is 57.1 Å². The van der Waals surface area contributed by atoms with E-state index >= 15 is 0 Å². The van der Waals surface area contributed by atoms with Crippen LogP contribution in [-0.2, 0) is 25.1 Å². The molecule has 192 valence electrons. The summed E-state index contributed by atoms with van der Waals surface area (Å²) in [6, 6.07) is 7.71. The molecule has 0 aliphatic rings. The number of carbonyl (C=O) groups is 1. The van der Waals surface area contributed by atoms with Crippen molar-refractivity contribution in [2.75, 3.05) is 11.1 Å². The summed E-state index contributed by atoms with van der Waals surface area (Å²) in [5.41, 5.74) is -2.19. The van der Waals surface area contributed by atoms with Crippen molar-refractivity contribution in [1.29, 1.82) is 0 Å². The lowest BCUT2D eigenvalue weighted by atomic mass is 10.2. The van der Waals surface area contributed by atoms with Crippen molar-refractivity contribution in [2.24, 2.45) is 14.1 Å². The second-order valence-electron chi connectivity index (χ2n) is 7.79. The number of alkyl halides is 3. The second kappa shape index (κ2) is 9.98. The van der Waals surface area contributed by atoms with Gasteiger partial charge < -0.3 is 5.32 Å². The molecule has 1 amide bonds. The smallest absolute Gasteiger partial charge is 0.324 e. The van der Waals surface area contributed by atoms with Gasteiger partial charge in [-0.05, 0) is 42.5 Å². The van der Waals surface area contributed by atoms with Crippen molar-refractivity contribution in [3.8, 4) is 11.4 Å². The minimum absolute atomic E-state index is 0.00810. The maximum atomic E-state index is 13.4. The Labute approximate surface area is 214 Å². The first-order valence-electron chi connectivity index (χ1n) is 10.4. The van der Waals surface area contributed by atoms with Crippen LogP contribution in [0, 0.1) is 5.82 Å². The zero-order valence-corrected chi connectivity index (χ0v) is 20.6. The van der Waals surface area contributed by atoms with E-state index in [-0.39, 0.29) is 38.3 Å². The summed E-state index contributed by atoms with van der Waals surface area (Å²) < 4.78 is 54.5. The molecule has 0 fully saturated rings. The lowest BCUT2D eigenvalue weighted by Crippen LogP contribution is -2.37. The molecule has 37 heavy (non-hydrogen) atoms. The molecule has 4 aromatic rings. The fraction of sp³-hybridized carbons (Fsp3) is 0.174. The number of nitrogens with zero attached hydrogens (tertiary/aromatic N) is 4. The van der Waals surface area contributed by atoms with Gasteiger partial charge in [0.05, 0.1) is 22.0 Å². The van der Waals surface area contributed by atoms with Crippen LogP contribution in [0.5, 0.6) is 0 Å². The van der Waals surface area contributed by atoms with Crippen LogP contribution < -0.4 is 16.6 Å². The van der Waals surface area contributed by atoms with Gasteiger partial charge in [0, 0.05) is 19.7 Å². The topological polar surface area (TPSA) is 98.9 Å². The monoisotopic (exact) mass is 553 g/mol. The first-order chi connectivity index (χ1) is 17.4. The molecule has 2 aromatic carbocycles. The number of benzene rings is 2. The summed E-state index contributed by atoms with van der Waals surface area (Å²) in [6.45, 7) is 0. The quantitative estimate of drug-likeness (QED) is 0.226. The second-order valence-corrected chi connectivity index (χ2v) is 9.16. The molecule has 2 aromatic heterocycles. The van der Waals surface area contributed by atoms with E-state index < -0.39 is 34.7 Å². The van der Waals surface area contributed by atoms with Gasteiger partial charge in [-0.1, -0.05) is 23.4 Å². The molecule has 2 heterocycles. The Kier molecular flexibility index (Phi) is 7.11. The fourth-order valence-electron chi connectivity index (χ4n) is 3.38. The number of fused-ring (bicyclic) bond motifs is 1. The van der Waals surface area contributed by atoms with Crippen LogP contribution in [0.3, 0.4) is 0 Å². The molecule has 0 bridgehead atoms. The van der Waals surface area contributed by atoms with Crippen molar-refractivity contribution in [1.82, 2.24) is 19.1 Å². The number of hydrogen-bond donors (Lipinski definition) is 1. The highest BCUT2D eigenvalue weighted by Crippen LogP contribution is 2.34. The van der Waals surface area contributed by atoms with E-state index in [1.807, 2.05) is 0 Å². The number of aryl methyl sites for hydroxylation is 1. The van der Waals surface area contributed by atoms with Crippen molar-refractivity contribution < 1.29 is 22.4 Å². The summed E-state index contributed by atoms with van der Waals surface area (Å²) in [6.07, 6.45) is -4.63. The highest BCUT2D eigenvalue weighted by atomic mass is 35.5. The zero-order chi connectivity index (χ0) is 27.1. The molecule has 0 aliphatic carbocycles. The number of rotatable bonds is 5. The summed E-state index contributed by atoms with van der Waals surface area (Å²) >= 11 is 6.75. The van der Waals surface area contributed by atoms with Crippen molar-refractivity contribution >= 4 is 46.0 Å². The summed E-state index contributed by atoms with van der Waals surface area (Å²) in [5.74, 6) is -1.51. The zero-order valence-electron chi connectivity index (χ0n) is 19.1. The highest BCUT2D eigenvalue weighted by molar-refractivity contribution is 8.00. The van der Waals surface area contributed by atoms with E-state index in [0.29, 0.717) is 11.6 Å². The number of amides is 1. The number of aromatic nitrogens is 4. The number of anilines is 1. The molecule has 1 N–H and O–H groups in total. The molecule has 14 heteroatoms. The number of halogens is 5. The third-order valence-corrected chi connectivity index (χ3v) is 6.58. The van der Waals surface area contributed by atoms with Crippen molar-refractivity contribution in [2.45, 2.75) is 11.2 Å². The van der Waals surface area contributed by atoms with Crippen LogP contribution in [-0.4, -0.2) is 30.8 Å². The maximum absolute atomic E-state index is 13.4. The van der Waals surface area contributed by atoms with Gasteiger partial charge in [0.25, 0.3) is 5.56 Å². The van der Waals surface area contributed by atoms with E-state index in [1.54, 1.807) is 0 Å². The van der Waals surface area contributed by atoms with Crippen LogP contribution in [0.2, 0.25) is 5.02 Å². The minimum Gasteiger partial charge on any atom is -0.324 e. The summed E-state index contributed by atoms with van der Waals surface area (Å²) in [5, 5.41) is 2.24. The number of hydrogen-bond acceptors (Lipinski definition) is 6. The molecule has 0 atom stereocenters. The Morgan fingerprint density at radius 3 is 2.38 bits per heavy atom. The Balaban J connectivity index is 1.72. The Hall–Kier alpha value is -3.71. The maximum Gasteiger partial charge on any atom is 0.416 e. The standard InChI is InChI=1S/C23H16ClF4N5O3S/c1-32-19-17(21(35)33(2)22(32)36)20(31-18(30-19)11-3-6-13(25)7-4-11)37-10-16(34)29-15-9-12(23(26,27)28)5-8-14(15)24/h3-9H,10H2,1-2H3,(H,29,34). The van der Waals surface area contributed by atoms with Gasteiger partial charge in [-0.15, -0.1) is 0 Å². The van der Waals surface area contributed by atoms with E-state index in [9.17, 15) is 31.9 Å².